The first-order valence-electron chi connectivity index (χ1n) is 6.21. The second-order valence-electron chi connectivity index (χ2n) is 4.24. The number of nitrogens with zero attached hydrogens (tertiary/aromatic N) is 3. The van der Waals surface area contributed by atoms with Gasteiger partial charge in [0.2, 0.25) is 0 Å². The van der Waals surface area contributed by atoms with Crippen molar-refractivity contribution in [1.82, 2.24) is 14.5 Å². The van der Waals surface area contributed by atoms with E-state index in [0.29, 0.717) is 12.2 Å². The molecule has 0 unspecified atom stereocenters. The standard InChI is InChI=1S/C15H13N3O/c1-2-18-13-8-4-3-7-12(13)17-14(15(18)19)11-6-5-9-16-10-11/h3-10H,2H2,1H3. The number of aryl methyl sites for hydroxylation is 1. The summed E-state index contributed by atoms with van der Waals surface area (Å²) in [6.07, 6.45) is 3.35. The van der Waals surface area contributed by atoms with E-state index in [1.165, 1.54) is 0 Å². The highest BCUT2D eigenvalue weighted by Gasteiger charge is 2.11. The zero-order valence-electron chi connectivity index (χ0n) is 10.6. The predicted octanol–water partition coefficient (Wildman–Crippen LogP) is 2.48. The Kier molecular flexibility index (Phi) is 2.83. The molecule has 2 aromatic heterocycles. The van der Waals surface area contributed by atoms with Crippen LogP contribution in [0.4, 0.5) is 0 Å². The van der Waals surface area contributed by atoms with E-state index in [1.54, 1.807) is 17.0 Å². The molecule has 0 atom stereocenters. The molecule has 94 valence electrons. The van der Waals surface area contributed by atoms with Crippen LogP contribution in [0.15, 0.2) is 53.6 Å². The molecule has 0 aliphatic rings. The maximum atomic E-state index is 12.5. The normalized spacial score (nSPS) is 10.8. The molecule has 0 aliphatic heterocycles. The van der Waals surface area contributed by atoms with Crippen LogP contribution in [0.2, 0.25) is 0 Å². The van der Waals surface area contributed by atoms with E-state index in [1.807, 2.05) is 43.3 Å². The number of benzene rings is 1. The van der Waals surface area contributed by atoms with Crippen molar-refractivity contribution >= 4 is 11.0 Å². The van der Waals surface area contributed by atoms with Crippen molar-refractivity contribution in [3.8, 4) is 11.3 Å². The minimum Gasteiger partial charge on any atom is -0.305 e. The van der Waals surface area contributed by atoms with Gasteiger partial charge in [-0.3, -0.25) is 9.78 Å². The molecule has 0 fully saturated rings. The van der Waals surface area contributed by atoms with Crippen LogP contribution in [0.5, 0.6) is 0 Å². The van der Waals surface area contributed by atoms with Gasteiger partial charge in [-0.2, -0.15) is 0 Å². The second-order valence-corrected chi connectivity index (χ2v) is 4.24. The van der Waals surface area contributed by atoms with Gasteiger partial charge in [0, 0.05) is 24.5 Å². The highest BCUT2D eigenvalue weighted by Crippen LogP contribution is 2.16. The first kappa shape index (κ1) is 11.6. The topological polar surface area (TPSA) is 47.8 Å². The fraction of sp³-hybridized carbons (Fsp3) is 0.133. The summed E-state index contributed by atoms with van der Waals surface area (Å²) in [4.78, 5) is 21.0. The van der Waals surface area contributed by atoms with Crippen LogP contribution in [0.3, 0.4) is 0 Å². The number of hydrogen-bond donors (Lipinski definition) is 0. The molecule has 0 amide bonds. The van der Waals surface area contributed by atoms with Crippen molar-refractivity contribution in [2.45, 2.75) is 13.5 Å². The van der Waals surface area contributed by atoms with E-state index in [2.05, 4.69) is 9.97 Å². The molecule has 4 nitrogen and oxygen atoms in total. The van der Waals surface area contributed by atoms with Crippen molar-refractivity contribution < 1.29 is 0 Å². The van der Waals surface area contributed by atoms with Crippen LogP contribution in [0.25, 0.3) is 22.3 Å². The molecular weight excluding hydrogens is 238 g/mol. The molecule has 2 heterocycles. The Bertz CT molecular complexity index is 778. The van der Waals surface area contributed by atoms with Gasteiger partial charge in [-0.15, -0.1) is 0 Å². The van der Waals surface area contributed by atoms with E-state index in [4.69, 9.17) is 0 Å². The fourth-order valence-corrected chi connectivity index (χ4v) is 2.20. The Morgan fingerprint density at radius 3 is 2.74 bits per heavy atom. The third-order valence-corrected chi connectivity index (χ3v) is 3.10. The summed E-state index contributed by atoms with van der Waals surface area (Å²) in [6, 6.07) is 11.3. The molecular formula is C15H13N3O. The molecule has 0 aliphatic carbocycles. The van der Waals surface area contributed by atoms with Gasteiger partial charge >= 0.3 is 0 Å². The predicted molar refractivity (Wildman–Crippen MR) is 74.9 cm³/mol. The Morgan fingerprint density at radius 1 is 1.16 bits per heavy atom. The van der Waals surface area contributed by atoms with Crippen LogP contribution in [0, 0.1) is 0 Å². The summed E-state index contributed by atoms with van der Waals surface area (Å²) < 4.78 is 1.74. The number of pyridine rings is 1. The molecule has 0 radical (unpaired) electrons. The largest absolute Gasteiger partial charge is 0.305 e. The van der Waals surface area contributed by atoms with Gasteiger partial charge in [-0.25, -0.2) is 4.98 Å². The summed E-state index contributed by atoms with van der Waals surface area (Å²) in [5.74, 6) is 0. The monoisotopic (exact) mass is 251 g/mol. The van der Waals surface area contributed by atoms with E-state index < -0.39 is 0 Å². The van der Waals surface area contributed by atoms with Gasteiger partial charge in [-0.1, -0.05) is 12.1 Å². The first-order valence-corrected chi connectivity index (χ1v) is 6.21. The van der Waals surface area contributed by atoms with Gasteiger partial charge in [0.1, 0.15) is 5.69 Å². The third-order valence-electron chi connectivity index (χ3n) is 3.10. The quantitative estimate of drug-likeness (QED) is 0.703. The lowest BCUT2D eigenvalue weighted by Gasteiger charge is -2.09. The summed E-state index contributed by atoms with van der Waals surface area (Å²) in [7, 11) is 0. The number of rotatable bonds is 2. The fourth-order valence-electron chi connectivity index (χ4n) is 2.20. The lowest BCUT2D eigenvalue weighted by atomic mass is 10.2. The Balaban J connectivity index is 2.39. The van der Waals surface area contributed by atoms with Crippen molar-refractivity contribution in [1.29, 1.82) is 0 Å². The van der Waals surface area contributed by atoms with Gasteiger partial charge in [0.05, 0.1) is 11.0 Å². The molecule has 1 aromatic carbocycles. The maximum absolute atomic E-state index is 12.5. The Morgan fingerprint density at radius 2 is 2.00 bits per heavy atom. The molecule has 4 heteroatoms. The number of fused-ring (bicyclic) bond motifs is 1. The minimum absolute atomic E-state index is 0.0748. The average Bonchev–Trinajstić information content (AvgIpc) is 2.47. The Labute approximate surface area is 110 Å². The van der Waals surface area contributed by atoms with Crippen molar-refractivity contribution in [2.24, 2.45) is 0 Å². The van der Waals surface area contributed by atoms with Crippen molar-refractivity contribution in [3.63, 3.8) is 0 Å². The highest BCUT2D eigenvalue weighted by atomic mass is 16.1. The zero-order chi connectivity index (χ0) is 13.2. The summed E-state index contributed by atoms with van der Waals surface area (Å²) >= 11 is 0. The average molecular weight is 251 g/mol. The summed E-state index contributed by atoms with van der Waals surface area (Å²) in [6.45, 7) is 2.58. The first-order chi connectivity index (χ1) is 9.31. The van der Waals surface area contributed by atoms with Crippen LogP contribution < -0.4 is 5.56 Å². The van der Waals surface area contributed by atoms with Gasteiger partial charge < -0.3 is 4.57 Å². The smallest absolute Gasteiger partial charge is 0.277 e. The van der Waals surface area contributed by atoms with Crippen LogP contribution in [0.1, 0.15) is 6.92 Å². The Hall–Kier alpha value is -2.49. The molecule has 0 N–H and O–H groups in total. The number of hydrogen-bond acceptors (Lipinski definition) is 3. The zero-order valence-corrected chi connectivity index (χ0v) is 10.6. The van der Waals surface area contributed by atoms with Crippen molar-refractivity contribution in [3.05, 3.63) is 59.1 Å². The van der Waals surface area contributed by atoms with E-state index in [-0.39, 0.29) is 5.56 Å². The van der Waals surface area contributed by atoms with E-state index in [9.17, 15) is 4.79 Å². The molecule has 19 heavy (non-hydrogen) atoms. The second kappa shape index (κ2) is 4.65. The van der Waals surface area contributed by atoms with Crippen LogP contribution in [-0.4, -0.2) is 14.5 Å². The third kappa shape index (κ3) is 1.91. The molecule has 0 saturated heterocycles. The highest BCUT2D eigenvalue weighted by molar-refractivity contribution is 5.77. The molecule has 0 spiro atoms. The van der Waals surface area contributed by atoms with Crippen molar-refractivity contribution in [2.75, 3.05) is 0 Å². The maximum Gasteiger partial charge on any atom is 0.277 e. The number of para-hydroxylation sites is 2. The van der Waals surface area contributed by atoms with Gasteiger partial charge in [-0.05, 0) is 31.2 Å². The molecule has 0 saturated carbocycles. The lowest BCUT2D eigenvalue weighted by molar-refractivity contribution is 0.755. The lowest BCUT2D eigenvalue weighted by Crippen LogP contribution is -2.22. The van der Waals surface area contributed by atoms with Gasteiger partial charge in [0.25, 0.3) is 5.56 Å². The van der Waals surface area contributed by atoms with E-state index >= 15 is 0 Å². The summed E-state index contributed by atoms with van der Waals surface area (Å²) in [5.41, 5.74) is 2.81. The minimum atomic E-state index is -0.0748. The van der Waals surface area contributed by atoms with Crippen LogP contribution in [-0.2, 0) is 6.54 Å². The van der Waals surface area contributed by atoms with Gasteiger partial charge in [0.15, 0.2) is 0 Å². The SMILES string of the molecule is CCn1c(=O)c(-c2cccnc2)nc2ccccc21. The molecule has 3 aromatic rings. The molecule has 3 rings (SSSR count). The number of aromatic nitrogens is 3. The van der Waals surface area contributed by atoms with Crippen LogP contribution >= 0.6 is 0 Å². The van der Waals surface area contributed by atoms with E-state index in [0.717, 1.165) is 16.6 Å². The molecule has 0 bridgehead atoms. The summed E-state index contributed by atoms with van der Waals surface area (Å²) in [5, 5.41) is 0.